The Morgan fingerprint density at radius 3 is 1.50 bits per heavy atom. The minimum atomic E-state index is -0.440. The summed E-state index contributed by atoms with van der Waals surface area (Å²) in [4.78, 5) is 20.6. The topological polar surface area (TPSA) is 83.8 Å². The number of hydrogen-bond donors (Lipinski definition) is 2. The molecular formula is C12H29GaO5. The number of aliphatic hydroxyl groups is 2. The van der Waals surface area contributed by atoms with E-state index in [1.54, 1.807) is 34.6 Å². The zero-order chi connectivity index (χ0) is 14.4. The third kappa shape index (κ3) is 75.6. The molecule has 0 aliphatic rings. The van der Waals surface area contributed by atoms with Gasteiger partial charge < -0.3 is 14.9 Å². The van der Waals surface area contributed by atoms with Crippen LogP contribution >= 0.6 is 0 Å². The molecule has 0 rings (SSSR count). The van der Waals surface area contributed by atoms with Gasteiger partial charge in [0, 0.05) is 12.2 Å². The normalized spacial score (nSPS) is 8.33. The number of carbonyl (C=O) groups is 2. The molecule has 0 radical (unpaired) electrons. The van der Waals surface area contributed by atoms with Crippen LogP contribution < -0.4 is 0 Å². The molecule has 0 unspecified atom stereocenters. The Labute approximate surface area is 123 Å². The molecule has 5 nitrogen and oxygen atoms in total. The van der Waals surface area contributed by atoms with Crippen molar-refractivity contribution in [3.8, 4) is 0 Å². The van der Waals surface area contributed by atoms with Gasteiger partial charge in [-0.05, 0) is 41.5 Å². The number of ketones is 1. The number of carbonyl (C=O) groups excluding carboxylic acids is 2. The molecule has 0 aromatic carbocycles. The van der Waals surface area contributed by atoms with Crippen LogP contribution in [-0.2, 0) is 14.3 Å². The van der Waals surface area contributed by atoms with Gasteiger partial charge in [0.05, 0.1) is 6.61 Å². The summed E-state index contributed by atoms with van der Waals surface area (Å²) in [5.74, 6) is -0.599. The van der Waals surface area contributed by atoms with Crippen LogP contribution in [0.1, 0.15) is 48.0 Å². The Morgan fingerprint density at radius 2 is 1.33 bits per heavy atom. The van der Waals surface area contributed by atoms with Crippen LogP contribution in [0, 0.1) is 0 Å². The van der Waals surface area contributed by atoms with Gasteiger partial charge in [0.1, 0.15) is 12.2 Å². The molecule has 18 heavy (non-hydrogen) atoms. The van der Waals surface area contributed by atoms with E-state index in [0.717, 1.165) is 0 Å². The first-order valence-electron chi connectivity index (χ1n) is 5.64. The van der Waals surface area contributed by atoms with Gasteiger partial charge in [-0.25, -0.2) is 0 Å². The van der Waals surface area contributed by atoms with Crippen LogP contribution in [0.3, 0.4) is 0 Å². The molecule has 0 aromatic rings. The third-order valence-corrected chi connectivity index (χ3v) is 0.699. The second-order valence-electron chi connectivity index (χ2n) is 3.87. The van der Waals surface area contributed by atoms with Crippen LogP contribution in [0.25, 0.3) is 0 Å². The fourth-order valence-electron chi connectivity index (χ4n) is 0.415. The number of hydrogen-bond acceptors (Lipinski definition) is 5. The minimum absolute atomic E-state index is 0. The van der Waals surface area contributed by atoms with Gasteiger partial charge in [-0.2, -0.15) is 0 Å². The van der Waals surface area contributed by atoms with Crippen molar-refractivity contribution in [3.63, 3.8) is 0 Å². The van der Waals surface area contributed by atoms with Gasteiger partial charge in [0.25, 0.3) is 0 Å². The quantitative estimate of drug-likeness (QED) is 0.438. The number of ether oxygens (including phenoxy) is 1. The first kappa shape index (κ1) is 26.3. The van der Waals surface area contributed by atoms with E-state index in [4.69, 9.17) is 10.2 Å². The molecule has 0 spiro atoms. The average molecular weight is 323 g/mol. The predicted octanol–water partition coefficient (Wildman–Crippen LogP) is 0.119. The van der Waals surface area contributed by atoms with Gasteiger partial charge in [0.15, 0.2) is 0 Å². The Balaban J connectivity index is -0.0000000922. The number of esters is 1. The molecule has 0 fully saturated rings. The molecule has 0 saturated heterocycles. The average Bonchev–Trinajstić information content (AvgIpc) is 1.99. The van der Waals surface area contributed by atoms with E-state index in [2.05, 4.69) is 4.74 Å². The predicted molar refractivity (Wildman–Crippen MR) is 76.6 cm³/mol. The summed E-state index contributed by atoms with van der Waals surface area (Å²) >= 11 is 0. The van der Waals surface area contributed by atoms with Crippen molar-refractivity contribution in [2.75, 3.05) is 6.61 Å². The molecule has 0 saturated carbocycles. The van der Waals surface area contributed by atoms with Crippen molar-refractivity contribution in [1.29, 1.82) is 0 Å². The van der Waals surface area contributed by atoms with Crippen molar-refractivity contribution in [2.45, 2.75) is 60.2 Å². The van der Waals surface area contributed by atoms with Crippen molar-refractivity contribution in [1.82, 2.24) is 0 Å². The molecule has 0 bridgehead atoms. The van der Waals surface area contributed by atoms with Crippen LogP contribution in [0.5, 0.6) is 0 Å². The Kier molecular flexibility index (Phi) is 27.8. The number of rotatable bonds is 3. The maximum atomic E-state index is 10.4. The van der Waals surface area contributed by atoms with Crippen LogP contribution in [-0.4, -0.2) is 60.6 Å². The van der Waals surface area contributed by atoms with Gasteiger partial charge in [-0.3, -0.25) is 9.59 Å². The van der Waals surface area contributed by atoms with Crippen molar-refractivity contribution >= 4 is 31.5 Å². The van der Waals surface area contributed by atoms with Gasteiger partial charge in [0.2, 0.25) is 0 Å². The van der Waals surface area contributed by atoms with Crippen LogP contribution in [0.4, 0.5) is 0 Å². The summed E-state index contributed by atoms with van der Waals surface area (Å²) in [7, 11) is 0. The first-order chi connectivity index (χ1) is 7.63. The number of aliphatic hydroxyl groups excluding tert-OH is 2. The maximum absolute atomic E-state index is 10.4. The monoisotopic (exact) mass is 322 g/mol. The molecular weight excluding hydrogens is 294 g/mol. The fourth-order valence-corrected chi connectivity index (χ4v) is 0.415. The molecule has 110 valence electrons. The molecule has 2 N–H and O–H groups in total. The summed E-state index contributed by atoms with van der Waals surface area (Å²) in [6.45, 7) is 10.3. The summed E-state index contributed by atoms with van der Waals surface area (Å²) < 4.78 is 4.49. The third-order valence-electron chi connectivity index (χ3n) is 0.699. The summed E-state index contributed by atoms with van der Waals surface area (Å²) in [5, 5.41) is 16.1. The van der Waals surface area contributed by atoms with E-state index in [0.29, 0.717) is 6.61 Å². The van der Waals surface area contributed by atoms with E-state index >= 15 is 0 Å². The molecule has 0 atom stereocenters. The zero-order valence-electron chi connectivity index (χ0n) is 11.7. The van der Waals surface area contributed by atoms with E-state index in [9.17, 15) is 9.59 Å². The van der Waals surface area contributed by atoms with Crippen molar-refractivity contribution in [3.05, 3.63) is 0 Å². The SMILES string of the molecule is CC(C)O.CC(C)O.CCOC(=O)CC(C)=O.[GaH3]. The van der Waals surface area contributed by atoms with Crippen molar-refractivity contribution in [2.24, 2.45) is 0 Å². The Morgan fingerprint density at radius 1 is 1.06 bits per heavy atom. The zero-order valence-corrected chi connectivity index (χ0v) is 11.7. The van der Waals surface area contributed by atoms with E-state index in [-0.39, 0.29) is 44.2 Å². The summed E-state index contributed by atoms with van der Waals surface area (Å²) in [6.07, 6.45) is -0.437. The van der Waals surface area contributed by atoms with E-state index < -0.39 is 5.97 Å². The first-order valence-corrected chi connectivity index (χ1v) is 5.64. The second kappa shape index (κ2) is 19.0. The molecule has 0 aliphatic carbocycles. The van der Waals surface area contributed by atoms with E-state index in [1.165, 1.54) is 6.92 Å². The standard InChI is InChI=1S/C6H10O3.2C3H8O.Ga.3H/c1-3-9-6(8)4-5(2)7;2*1-3(2)4;;;;/h3-4H2,1-2H3;2*3-4H,1-2H3;;;;. The van der Waals surface area contributed by atoms with Gasteiger partial charge in [-0.1, -0.05) is 0 Å². The summed E-state index contributed by atoms with van der Waals surface area (Å²) in [5.41, 5.74) is 0. The van der Waals surface area contributed by atoms with E-state index in [1.807, 2.05) is 0 Å². The Bertz CT molecular complexity index is 181. The van der Waals surface area contributed by atoms with Crippen LogP contribution in [0.15, 0.2) is 0 Å². The van der Waals surface area contributed by atoms with Crippen molar-refractivity contribution < 1.29 is 24.5 Å². The van der Waals surface area contributed by atoms with Gasteiger partial charge in [-0.15, -0.1) is 0 Å². The van der Waals surface area contributed by atoms with Crippen LogP contribution in [0.2, 0.25) is 0 Å². The second-order valence-corrected chi connectivity index (χ2v) is 3.87. The molecule has 0 aromatic heterocycles. The van der Waals surface area contributed by atoms with Gasteiger partial charge >= 0.3 is 25.8 Å². The summed E-state index contributed by atoms with van der Waals surface area (Å²) in [6, 6.07) is 0. The fraction of sp³-hybridized carbons (Fsp3) is 0.833. The molecule has 0 aliphatic heterocycles. The molecule has 0 amide bonds. The number of Topliss-reactive ketones (excluding diaryl/α,β-unsaturated/α-hetero) is 1. The molecule has 0 heterocycles. The Hall–Kier alpha value is -0.304. The molecule has 6 heteroatoms.